The zero-order valence-corrected chi connectivity index (χ0v) is 13.7. The van der Waals surface area contributed by atoms with E-state index in [4.69, 9.17) is 21.1 Å². The summed E-state index contributed by atoms with van der Waals surface area (Å²) >= 11 is 6.10. The summed E-state index contributed by atoms with van der Waals surface area (Å²) in [7, 11) is 0. The Morgan fingerprint density at radius 2 is 1.91 bits per heavy atom. The Kier molecular flexibility index (Phi) is 5.45. The van der Waals surface area contributed by atoms with Crippen LogP contribution in [0.25, 0.3) is 0 Å². The lowest BCUT2D eigenvalue weighted by Crippen LogP contribution is -2.09. The largest absolute Gasteiger partial charge is 0.489 e. The molecule has 2 aromatic carbocycles. The SMILES string of the molecule is CCC(=O)Oc1cccc(C)c1COc1ccc(C)c(Cl)c1. The summed E-state index contributed by atoms with van der Waals surface area (Å²) in [5.74, 6) is 0.974. The normalized spacial score (nSPS) is 10.4. The van der Waals surface area contributed by atoms with Crippen molar-refractivity contribution in [2.24, 2.45) is 0 Å². The lowest BCUT2D eigenvalue weighted by Gasteiger charge is -2.14. The number of hydrogen-bond donors (Lipinski definition) is 0. The average molecular weight is 319 g/mol. The third-order valence-corrected chi connectivity index (χ3v) is 3.81. The fourth-order valence-electron chi connectivity index (χ4n) is 1.97. The number of carbonyl (C=O) groups is 1. The van der Waals surface area contributed by atoms with Gasteiger partial charge in [0.25, 0.3) is 0 Å². The summed E-state index contributed by atoms with van der Waals surface area (Å²) in [5.41, 5.74) is 2.88. The predicted molar refractivity (Wildman–Crippen MR) is 87.6 cm³/mol. The number of esters is 1. The van der Waals surface area contributed by atoms with Crippen LogP contribution >= 0.6 is 11.6 Å². The number of hydrogen-bond acceptors (Lipinski definition) is 3. The molecule has 0 radical (unpaired) electrons. The molecule has 4 heteroatoms. The molecule has 2 aromatic rings. The summed E-state index contributed by atoms with van der Waals surface area (Å²) in [6.45, 7) is 5.99. The van der Waals surface area contributed by atoms with Crippen LogP contribution in [0.5, 0.6) is 11.5 Å². The van der Waals surface area contributed by atoms with Crippen LogP contribution in [-0.2, 0) is 11.4 Å². The average Bonchev–Trinajstić information content (AvgIpc) is 2.50. The summed E-state index contributed by atoms with van der Waals surface area (Å²) in [4.78, 5) is 11.5. The summed E-state index contributed by atoms with van der Waals surface area (Å²) in [6.07, 6.45) is 0.335. The Hall–Kier alpha value is -2.00. The molecular formula is C18H19ClO3. The molecule has 0 N–H and O–H groups in total. The molecule has 22 heavy (non-hydrogen) atoms. The maximum Gasteiger partial charge on any atom is 0.310 e. The molecule has 0 amide bonds. The first-order valence-corrected chi connectivity index (χ1v) is 7.57. The first-order valence-electron chi connectivity index (χ1n) is 7.19. The van der Waals surface area contributed by atoms with E-state index in [9.17, 15) is 4.79 Å². The van der Waals surface area contributed by atoms with Gasteiger partial charge in [0.15, 0.2) is 0 Å². The lowest BCUT2D eigenvalue weighted by atomic mass is 10.1. The minimum Gasteiger partial charge on any atom is -0.489 e. The summed E-state index contributed by atoms with van der Waals surface area (Å²) in [6, 6.07) is 11.2. The van der Waals surface area contributed by atoms with Crippen molar-refractivity contribution in [1.82, 2.24) is 0 Å². The van der Waals surface area contributed by atoms with Gasteiger partial charge in [-0.25, -0.2) is 0 Å². The molecule has 0 unspecified atom stereocenters. The Labute approximate surface area is 135 Å². The molecule has 0 saturated heterocycles. The second-order valence-corrected chi connectivity index (χ2v) is 5.49. The van der Waals surface area contributed by atoms with Gasteiger partial charge in [-0.05, 0) is 43.2 Å². The number of aryl methyl sites for hydroxylation is 2. The van der Waals surface area contributed by atoms with Crippen LogP contribution in [0.1, 0.15) is 30.0 Å². The van der Waals surface area contributed by atoms with E-state index in [0.29, 0.717) is 29.5 Å². The topological polar surface area (TPSA) is 35.5 Å². The van der Waals surface area contributed by atoms with Crippen LogP contribution in [-0.4, -0.2) is 5.97 Å². The van der Waals surface area contributed by atoms with Crippen molar-refractivity contribution in [3.8, 4) is 11.5 Å². The zero-order valence-electron chi connectivity index (χ0n) is 13.0. The van der Waals surface area contributed by atoms with E-state index in [0.717, 1.165) is 16.7 Å². The molecule has 0 saturated carbocycles. The van der Waals surface area contributed by atoms with Gasteiger partial charge < -0.3 is 9.47 Å². The molecule has 0 fully saturated rings. The molecule has 0 aliphatic carbocycles. The Morgan fingerprint density at radius 3 is 2.59 bits per heavy atom. The summed E-state index contributed by atoms with van der Waals surface area (Å²) < 4.78 is 11.2. The highest BCUT2D eigenvalue weighted by atomic mass is 35.5. The van der Waals surface area contributed by atoms with Gasteiger partial charge in [-0.15, -0.1) is 0 Å². The van der Waals surface area contributed by atoms with Gasteiger partial charge >= 0.3 is 5.97 Å². The first-order chi connectivity index (χ1) is 10.5. The van der Waals surface area contributed by atoms with E-state index in [-0.39, 0.29) is 5.97 Å². The second kappa shape index (κ2) is 7.32. The van der Waals surface area contributed by atoms with E-state index < -0.39 is 0 Å². The van der Waals surface area contributed by atoms with Crippen molar-refractivity contribution in [3.05, 3.63) is 58.1 Å². The highest BCUT2D eigenvalue weighted by Gasteiger charge is 2.11. The molecule has 2 rings (SSSR count). The maximum absolute atomic E-state index is 11.5. The number of rotatable bonds is 5. The van der Waals surface area contributed by atoms with Gasteiger partial charge in [-0.1, -0.05) is 36.7 Å². The third-order valence-electron chi connectivity index (χ3n) is 3.41. The van der Waals surface area contributed by atoms with Gasteiger partial charge in [-0.3, -0.25) is 4.79 Å². The monoisotopic (exact) mass is 318 g/mol. The molecule has 0 spiro atoms. The van der Waals surface area contributed by atoms with Gasteiger partial charge in [0, 0.05) is 17.0 Å². The predicted octanol–water partition coefficient (Wildman–Crippen LogP) is 4.85. The van der Waals surface area contributed by atoms with Crippen molar-refractivity contribution in [1.29, 1.82) is 0 Å². The van der Waals surface area contributed by atoms with Crippen LogP contribution in [0.3, 0.4) is 0 Å². The van der Waals surface area contributed by atoms with E-state index in [1.165, 1.54) is 0 Å². The molecule has 3 nitrogen and oxygen atoms in total. The van der Waals surface area contributed by atoms with Gasteiger partial charge in [0.1, 0.15) is 18.1 Å². The minimum absolute atomic E-state index is 0.259. The van der Waals surface area contributed by atoms with Gasteiger partial charge in [-0.2, -0.15) is 0 Å². The van der Waals surface area contributed by atoms with Crippen molar-refractivity contribution in [2.45, 2.75) is 33.8 Å². The molecular weight excluding hydrogens is 300 g/mol. The molecule has 0 heterocycles. The Balaban J connectivity index is 2.17. The van der Waals surface area contributed by atoms with Gasteiger partial charge in [0.05, 0.1) is 0 Å². The molecule has 0 aromatic heterocycles. The maximum atomic E-state index is 11.5. The van der Waals surface area contributed by atoms with Crippen molar-refractivity contribution < 1.29 is 14.3 Å². The van der Waals surface area contributed by atoms with Crippen LogP contribution in [0.15, 0.2) is 36.4 Å². The number of benzene rings is 2. The zero-order chi connectivity index (χ0) is 16.1. The molecule has 0 aliphatic rings. The Morgan fingerprint density at radius 1 is 1.14 bits per heavy atom. The van der Waals surface area contributed by atoms with Crippen LogP contribution < -0.4 is 9.47 Å². The van der Waals surface area contributed by atoms with Crippen LogP contribution in [0, 0.1) is 13.8 Å². The smallest absolute Gasteiger partial charge is 0.310 e. The number of halogens is 1. The molecule has 116 valence electrons. The summed E-state index contributed by atoms with van der Waals surface area (Å²) in [5, 5.41) is 0.667. The first kappa shape index (κ1) is 16.4. The standard InChI is InChI=1S/C18H19ClO3/c1-4-18(20)22-17-7-5-6-12(2)15(17)11-21-14-9-8-13(3)16(19)10-14/h5-10H,4,11H2,1-3H3. The second-order valence-electron chi connectivity index (χ2n) is 5.08. The number of ether oxygens (including phenoxy) is 2. The molecule has 0 aliphatic heterocycles. The van der Waals surface area contributed by atoms with E-state index in [1.807, 2.05) is 38.1 Å². The lowest BCUT2D eigenvalue weighted by molar-refractivity contribution is -0.134. The fraction of sp³-hybridized carbons (Fsp3) is 0.278. The van der Waals surface area contributed by atoms with Crippen LogP contribution in [0.4, 0.5) is 0 Å². The van der Waals surface area contributed by atoms with E-state index >= 15 is 0 Å². The van der Waals surface area contributed by atoms with Crippen molar-refractivity contribution in [3.63, 3.8) is 0 Å². The third kappa shape index (κ3) is 4.01. The highest BCUT2D eigenvalue weighted by Crippen LogP contribution is 2.26. The van der Waals surface area contributed by atoms with Crippen molar-refractivity contribution >= 4 is 17.6 Å². The highest BCUT2D eigenvalue weighted by molar-refractivity contribution is 6.31. The van der Waals surface area contributed by atoms with E-state index in [1.54, 1.807) is 19.1 Å². The Bertz CT molecular complexity index is 680. The molecule has 0 bridgehead atoms. The van der Waals surface area contributed by atoms with Crippen molar-refractivity contribution in [2.75, 3.05) is 0 Å². The quantitative estimate of drug-likeness (QED) is 0.584. The van der Waals surface area contributed by atoms with Crippen LogP contribution in [0.2, 0.25) is 5.02 Å². The minimum atomic E-state index is -0.259. The van der Waals surface area contributed by atoms with Gasteiger partial charge in [0.2, 0.25) is 0 Å². The fourth-order valence-corrected chi connectivity index (χ4v) is 2.14. The van der Waals surface area contributed by atoms with E-state index in [2.05, 4.69) is 0 Å². The number of carbonyl (C=O) groups excluding carboxylic acids is 1. The molecule has 0 atom stereocenters.